The lowest BCUT2D eigenvalue weighted by atomic mass is 9.97. The number of ether oxygens (including phenoxy) is 1. The number of hydrogen-bond donors (Lipinski definition) is 2. The molecule has 1 atom stereocenters. The van der Waals surface area contributed by atoms with Gasteiger partial charge in [0.1, 0.15) is 5.75 Å². The lowest BCUT2D eigenvalue weighted by Crippen LogP contribution is -2.53. The van der Waals surface area contributed by atoms with Crippen LogP contribution in [0.15, 0.2) is 24.3 Å². The van der Waals surface area contributed by atoms with Gasteiger partial charge in [0.05, 0.1) is 12.1 Å². The van der Waals surface area contributed by atoms with Gasteiger partial charge in [0, 0.05) is 6.42 Å². The highest BCUT2D eigenvalue weighted by atomic mass is 16.5. The number of nitrogens with one attached hydrogen (secondary N) is 1. The Morgan fingerprint density at radius 2 is 2.00 bits per heavy atom. The van der Waals surface area contributed by atoms with Crippen molar-refractivity contribution in [2.75, 3.05) is 13.2 Å². The third-order valence-corrected chi connectivity index (χ3v) is 3.00. The Morgan fingerprint density at radius 3 is 2.50 bits per heavy atom. The predicted molar refractivity (Wildman–Crippen MR) is 72.6 cm³/mol. The van der Waals surface area contributed by atoms with Gasteiger partial charge in [0.15, 0.2) is 0 Å². The van der Waals surface area contributed by atoms with Crippen LogP contribution >= 0.6 is 0 Å². The lowest BCUT2D eigenvalue weighted by molar-refractivity contribution is -0.124. The van der Waals surface area contributed by atoms with E-state index in [-0.39, 0.29) is 5.91 Å². The van der Waals surface area contributed by atoms with E-state index < -0.39 is 5.54 Å². The van der Waals surface area contributed by atoms with Crippen LogP contribution in [-0.4, -0.2) is 24.6 Å². The fraction of sp³-hybridized carbons (Fsp3) is 0.500. The first kappa shape index (κ1) is 14.5. The predicted octanol–water partition coefficient (Wildman–Crippen LogP) is 1.62. The van der Waals surface area contributed by atoms with Gasteiger partial charge in [-0.25, -0.2) is 0 Å². The van der Waals surface area contributed by atoms with Crippen molar-refractivity contribution in [3.05, 3.63) is 29.8 Å². The molecule has 0 bridgehead atoms. The summed E-state index contributed by atoms with van der Waals surface area (Å²) in [6, 6.07) is 7.83. The van der Waals surface area contributed by atoms with Gasteiger partial charge in [-0.1, -0.05) is 24.6 Å². The average Bonchev–Trinajstić information content (AvgIpc) is 2.32. The Balaban J connectivity index is 2.48. The average molecular weight is 250 g/mol. The summed E-state index contributed by atoms with van der Waals surface area (Å²) < 4.78 is 5.61. The number of benzene rings is 1. The van der Waals surface area contributed by atoms with Crippen LogP contribution in [0, 0.1) is 6.92 Å². The van der Waals surface area contributed by atoms with Gasteiger partial charge in [-0.3, -0.25) is 4.79 Å². The zero-order valence-corrected chi connectivity index (χ0v) is 11.3. The van der Waals surface area contributed by atoms with Crippen molar-refractivity contribution in [2.45, 2.75) is 32.7 Å². The molecule has 1 aromatic carbocycles. The number of primary amides is 1. The molecular weight excluding hydrogens is 228 g/mol. The second-order valence-corrected chi connectivity index (χ2v) is 4.64. The van der Waals surface area contributed by atoms with Crippen molar-refractivity contribution in [2.24, 2.45) is 5.73 Å². The van der Waals surface area contributed by atoms with E-state index in [1.165, 1.54) is 5.56 Å². The summed E-state index contributed by atoms with van der Waals surface area (Å²) in [5.74, 6) is 0.459. The van der Waals surface area contributed by atoms with Crippen molar-refractivity contribution < 1.29 is 9.53 Å². The summed E-state index contributed by atoms with van der Waals surface area (Å²) in [6.45, 7) is 6.93. The van der Waals surface area contributed by atoms with E-state index in [9.17, 15) is 4.79 Å². The standard InChI is InChI=1S/C14H22N2O2/c1-4-16-14(3,13(15)17)9-10-18-12-7-5-11(2)6-8-12/h5-8,16H,4,9-10H2,1-3H3,(H2,15,17). The summed E-state index contributed by atoms with van der Waals surface area (Å²) in [7, 11) is 0. The first-order valence-corrected chi connectivity index (χ1v) is 6.22. The number of nitrogens with two attached hydrogens (primary N) is 1. The minimum atomic E-state index is -0.709. The SMILES string of the molecule is CCNC(C)(CCOc1ccc(C)cc1)C(N)=O. The number of carbonyl (C=O) groups excluding carboxylic acids is 1. The van der Waals surface area contributed by atoms with Crippen molar-refractivity contribution in [3.63, 3.8) is 0 Å². The normalized spacial score (nSPS) is 13.9. The molecule has 18 heavy (non-hydrogen) atoms. The molecule has 1 aromatic rings. The van der Waals surface area contributed by atoms with Crippen LogP contribution in [0.1, 0.15) is 25.8 Å². The zero-order chi connectivity index (χ0) is 13.6. The minimum Gasteiger partial charge on any atom is -0.494 e. The Labute approximate surface area is 109 Å². The van der Waals surface area contributed by atoms with E-state index in [2.05, 4.69) is 5.32 Å². The highest BCUT2D eigenvalue weighted by Gasteiger charge is 2.29. The number of aryl methyl sites for hydroxylation is 1. The third-order valence-electron chi connectivity index (χ3n) is 3.00. The molecule has 0 saturated heterocycles. The van der Waals surface area contributed by atoms with E-state index in [1.54, 1.807) is 6.92 Å². The number of hydrogen-bond acceptors (Lipinski definition) is 3. The molecule has 4 heteroatoms. The number of carbonyl (C=O) groups is 1. The Hall–Kier alpha value is -1.55. The smallest absolute Gasteiger partial charge is 0.237 e. The third kappa shape index (κ3) is 4.04. The molecule has 0 saturated carbocycles. The molecule has 100 valence electrons. The molecule has 0 heterocycles. The quantitative estimate of drug-likeness (QED) is 0.773. The van der Waals surface area contributed by atoms with Crippen LogP contribution in [0.3, 0.4) is 0 Å². The molecule has 1 unspecified atom stereocenters. The van der Waals surface area contributed by atoms with Crippen LogP contribution in [0.2, 0.25) is 0 Å². The first-order valence-electron chi connectivity index (χ1n) is 6.22. The molecule has 0 spiro atoms. The largest absolute Gasteiger partial charge is 0.494 e. The maximum Gasteiger partial charge on any atom is 0.237 e. The van der Waals surface area contributed by atoms with Gasteiger partial charge in [-0.15, -0.1) is 0 Å². The van der Waals surface area contributed by atoms with Gasteiger partial charge in [-0.05, 0) is 32.5 Å². The summed E-state index contributed by atoms with van der Waals surface area (Å²) in [5.41, 5.74) is 5.88. The van der Waals surface area contributed by atoms with Crippen molar-refractivity contribution in [3.8, 4) is 5.75 Å². The fourth-order valence-electron chi connectivity index (χ4n) is 1.70. The summed E-state index contributed by atoms with van der Waals surface area (Å²) in [4.78, 5) is 11.4. The molecule has 0 aliphatic carbocycles. The lowest BCUT2D eigenvalue weighted by Gasteiger charge is -2.26. The summed E-state index contributed by atoms with van der Waals surface area (Å²) >= 11 is 0. The number of rotatable bonds is 7. The molecule has 1 rings (SSSR count). The van der Waals surface area contributed by atoms with Gasteiger partial charge < -0.3 is 15.8 Å². The molecular formula is C14H22N2O2. The topological polar surface area (TPSA) is 64.3 Å². The van der Waals surface area contributed by atoms with Crippen LogP contribution in [-0.2, 0) is 4.79 Å². The minimum absolute atomic E-state index is 0.350. The highest BCUT2D eigenvalue weighted by molar-refractivity contribution is 5.84. The molecule has 1 amide bonds. The van der Waals surface area contributed by atoms with E-state index >= 15 is 0 Å². The van der Waals surface area contributed by atoms with E-state index in [1.807, 2.05) is 38.1 Å². The fourth-order valence-corrected chi connectivity index (χ4v) is 1.70. The number of likely N-dealkylation sites (N-methyl/N-ethyl adjacent to an activating group) is 1. The second kappa shape index (κ2) is 6.40. The Kier molecular flexibility index (Phi) is 5.16. The van der Waals surface area contributed by atoms with Gasteiger partial charge >= 0.3 is 0 Å². The molecule has 0 aromatic heterocycles. The maximum absolute atomic E-state index is 11.4. The zero-order valence-electron chi connectivity index (χ0n) is 11.3. The summed E-state index contributed by atoms with van der Waals surface area (Å²) in [6.07, 6.45) is 0.546. The maximum atomic E-state index is 11.4. The van der Waals surface area contributed by atoms with E-state index in [0.29, 0.717) is 19.6 Å². The molecule has 3 N–H and O–H groups in total. The van der Waals surface area contributed by atoms with Crippen LogP contribution in [0.4, 0.5) is 0 Å². The molecule has 0 fully saturated rings. The second-order valence-electron chi connectivity index (χ2n) is 4.64. The van der Waals surface area contributed by atoms with Crippen LogP contribution in [0.25, 0.3) is 0 Å². The monoisotopic (exact) mass is 250 g/mol. The van der Waals surface area contributed by atoms with Crippen LogP contribution < -0.4 is 15.8 Å². The molecule has 0 radical (unpaired) electrons. The Morgan fingerprint density at radius 1 is 1.39 bits per heavy atom. The Bertz CT molecular complexity index is 389. The number of amides is 1. The molecule has 0 aliphatic rings. The molecule has 4 nitrogen and oxygen atoms in total. The summed E-state index contributed by atoms with van der Waals surface area (Å²) in [5, 5.41) is 3.10. The van der Waals surface area contributed by atoms with Crippen LogP contribution in [0.5, 0.6) is 5.75 Å². The van der Waals surface area contributed by atoms with Gasteiger partial charge in [0.25, 0.3) is 0 Å². The van der Waals surface area contributed by atoms with Gasteiger partial charge in [0.2, 0.25) is 5.91 Å². The first-order chi connectivity index (χ1) is 8.48. The van der Waals surface area contributed by atoms with Crippen molar-refractivity contribution in [1.82, 2.24) is 5.32 Å². The van der Waals surface area contributed by atoms with Crippen molar-refractivity contribution >= 4 is 5.91 Å². The van der Waals surface area contributed by atoms with Gasteiger partial charge in [-0.2, -0.15) is 0 Å². The molecule has 0 aliphatic heterocycles. The van der Waals surface area contributed by atoms with Crippen molar-refractivity contribution in [1.29, 1.82) is 0 Å². The van der Waals surface area contributed by atoms with E-state index in [0.717, 1.165) is 5.75 Å². The van der Waals surface area contributed by atoms with E-state index in [4.69, 9.17) is 10.5 Å². The highest BCUT2D eigenvalue weighted by Crippen LogP contribution is 2.14.